The van der Waals surface area contributed by atoms with E-state index in [1.807, 2.05) is 0 Å². The van der Waals surface area contributed by atoms with Crippen LogP contribution in [-0.2, 0) is 0 Å². The summed E-state index contributed by atoms with van der Waals surface area (Å²) in [6.45, 7) is 9.33. The van der Waals surface area contributed by atoms with Crippen molar-refractivity contribution in [3.05, 3.63) is 0 Å². The zero-order valence-corrected chi connectivity index (χ0v) is 9.40. The van der Waals surface area contributed by atoms with Crippen LogP contribution in [0.5, 0.6) is 0 Å². The zero-order valence-electron chi connectivity index (χ0n) is 9.40. The molecule has 0 saturated heterocycles. The molecule has 0 aliphatic rings. The molecular weight excluding hydrogens is 180 g/mol. The Kier molecular flexibility index (Phi) is 26.6. The summed E-state index contributed by atoms with van der Waals surface area (Å²) in [6, 6.07) is 0. The Balaban J connectivity index is -0.000000202. The van der Waals surface area contributed by atoms with Crippen molar-refractivity contribution in [3.8, 4) is 0 Å². The second-order valence-electron chi connectivity index (χ2n) is 4.05. The van der Waals surface area contributed by atoms with Gasteiger partial charge in [0.05, 0.1) is 0 Å². The quantitative estimate of drug-likeness (QED) is 0.425. The Bertz CT molecular complexity index is 86.0. The highest BCUT2D eigenvalue weighted by Crippen LogP contribution is 2.24. The lowest BCUT2D eigenvalue weighted by Crippen LogP contribution is -2.09. The minimum Gasteiger partial charge on any atom is -0.0776 e. The molecule has 0 radical (unpaired) electrons. The highest BCUT2D eigenvalue weighted by atomic mass is 14.2. The van der Waals surface area contributed by atoms with Crippen molar-refractivity contribution in [2.75, 3.05) is 0 Å². The number of hydrogen-bond acceptors (Lipinski definition) is 0. The third-order valence-electron chi connectivity index (χ3n) is 3.15. The summed E-state index contributed by atoms with van der Waals surface area (Å²) in [7, 11) is 0. The third kappa shape index (κ3) is 11.9. The van der Waals surface area contributed by atoms with E-state index in [0.29, 0.717) is 0 Å². The Labute approximate surface area is 101 Å². The number of rotatable bonds is 7. The fourth-order valence-corrected chi connectivity index (χ4v) is 1.88. The normalized spacial score (nSPS) is 12.8. The molecule has 0 fully saturated rings. The van der Waals surface area contributed by atoms with Crippen LogP contribution in [0.4, 0.5) is 0 Å². The molecule has 0 aliphatic heterocycles. The molecule has 0 aromatic rings. The molecule has 0 spiro atoms. The van der Waals surface area contributed by atoms with Gasteiger partial charge in [0.1, 0.15) is 0 Å². The molecule has 0 heteroatoms. The lowest BCUT2D eigenvalue weighted by Gasteiger charge is -2.21. The zero-order chi connectivity index (χ0) is 9.40. The maximum absolute atomic E-state index is 2.40. The minimum absolute atomic E-state index is 0. The second-order valence-corrected chi connectivity index (χ2v) is 4.05. The highest BCUT2D eigenvalue weighted by molar-refractivity contribution is 4.63. The van der Waals surface area contributed by atoms with E-state index >= 15 is 0 Å². The molecule has 0 heterocycles. The number of unbranched alkanes of at least 4 members (excludes halogenated alkanes) is 2. The molecule has 2 atom stereocenters. The standard InChI is InChI=1S/C12H26.3CH4/c1-5-8-9-10-12(7-3)11(4)6-2;;;/h11-12H,5-10H2,1-4H3;3*1H4. The monoisotopic (exact) mass is 218 g/mol. The van der Waals surface area contributed by atoms with E-state index in [-0.39, 0.29) is 22.3 Å². The molecule has 0 aromatic heterocycles. The highest BCUT2D eigenvalue weighted by Gasteiger charge is 2.12. The van der Waals surface area contributed by atoms with Gasteiger partial charge in [-0.1, -0.05) is 88.5 Å². The molecule has 0 rings (SSSR count). The molecule has 0 N–H and O–H groups in total. The summed E-state index contributed by atoms with van der Waals surface area (Å²) >= 11 is 0. The Morgan fingerprint density at radius 1 is 0.800 bits per heavy atom. The molecule has 0 bridgehead atoms. The van der Waals surface area contributed by atoms with Crippen molar-refractivity contribution in [2.45, 2.75) is 88.5 Å². The van der Waals surface area contributed by atoms with E-state index in [4.69, 9.17) is 0 Å². The molecule has 0 aromatic carbocycles. The first kappa shape index (κ1) is 24.3. The molecule has 0 saturated carbocycles. The van der Waals surface area contributed by atoms with Crippen molar-refractivity contribution >= 4 is 0 Å². The molecular formula is C15H38. The molecule has 0 aliphatic carbocycles. The first-order valence-electron chi connectivity index (χ1n) is 5.76. The summed E-state index contributed by atoms with van der Waals surface area (Å²) in [4.78, 5) is 0. The predicted octanol–water partition coefficient (Wildman–Crippen LogP) is 6.55. The third-order valence-corrected chi connectivity index (χ3v) is 3.15. The van der Waals surface area contributed by atoms with Crippen LogP contribution >= 0.6 is 0 Å². The van der Waals surface area contributed by atoms with Crippen LogP contribution in [0.3, 0.4) is 0 Å². The van der Waals surface area contributed by atoms with E-state index in [9.17, 15) is 0 Å². The average molecular weight is 218 g/mol. The summed E-state index contributed by atoms with van der Waals surface area (Å²) in [6.07, 6.45) is 8.41. The Hall–Kier alpha value is 0. The fraction of sp³-hybridized carbons (Fsp3) is 1.00. The van der Waals surface area contributed by atoms with Crippen LogP contribution in [0, 0.1) is 11.8 Å². The summed E-state index contributed by atoms with van der Waals surface area (Å²) in [5, 5.41) is 0. The van der Waals surface area contributed by atoms with Gasteiger partial charge < -0.3 is 0 Å². The average Bonchev–Trinajstić information content (AvgIpc) is 2.11. The number of hydrogen-bond donors (Lipinski definition) is 0. The van der Waals surface area contributed by atoms with Crippen LogP contribution in [0.2, 0.25) is 0 Å². The Morgan fingerprint density at radius 2 is 1.33 bits per heavy atom. The van der Waals surface area contributed by atoms with E-state index in [2.05, 4.69) is 27.7 Å². The molecule has 15 heavy (non-hydrogen) atoms. The van der Waals surface area contributed by atoms with Crippen molar-refractivity contribution in [2.24, 2.45) is 11.8 Å². The topological polar surface area (TPSA) is 0 Å². The first-order chi connectivity index (χ1) is 5.76. The van der Waals surface area contributed by atoms with Gasteiger partial charge in [0.2, 0.25) is 0 Å². The molecule has 0 amide bonds. The van der Waals surface area contributed by atoms with Gasteiger partial charge in [0, 0.05) is 0 Å². The Morgan fingerprint density at radius 3 is 1.67 bits per heavy atom. The van der Waals surface area contributed by atoms with Gasteiger partial charge >= 0.3 is 0 Å². The summed E-state index contributed by atoms with van der Waals surface area (Å²) in [5.41, 5.74) is 0. The summed E-state index contributed by atoms with van der Waals surface area (Å²) < 4.78 is 0. The largest absolute Gasteiger partial charge is 0.0776 e. The predicted molar refractivity (Wildman–Crippen MR) is 77.6 cm³/mol. The maximum atomic E-state index is 2.40. The van der Waals surface area contributed by atoms with Crippen LogP contribution in [0.1, 0.15) is 88.5 Å². The van der Waals surface area contributed by atoms with E-state index in [1.54, 1.807) is 0 Å². The van der Waals surface area contributed by atoms with Crippen molar-refractivity contribution in [3.63, 3.8) is 0 Å². The van der Waals surface area contributed by atoms with Crippen molar-refractivity contribution in [1.29, 1.82) is 0 Å². The lowest BCUT2D eigenvalue weighted by molar-refractivity contribution is 0.308. The molecule has 2 unspecified atom stereocenters. The van der Waals surface area contributed by atoms with Crippen molar-refractivity contribution < 1.29 is 0 Å². The maximum Gasteiger partial charge on any atom is -0.0391 e. The molecule has 98 valence electrons. The fourth-order valence-electron chi connectivity index (χ4n) is 1.88. The van der Waals surface area contributed by atoms with Crippen LogP contribution < -0.4 is 0 Å². The van der Waals surface area contributed by atoms with Gasteiger partial charge in [0.15, 0.2) is 0 Å². The summed E-state index contributed by atoms with van der Waals surface area (Å²) in [5.74, 6) is 1.92. The minimum atomic E-state index is 0. The van der Waals surface area contributed by atoms with Gasteiger partial charge in [-0.2, -0.15) is 0 Å². The van der Waals surface area contributed by atoms with Gasteiger partial charge in [-0.3, -0.25) is 0 Å². The van der Waals surface area contributed by atoms with E-state index in [1.165, 1.54) is 38.5 Å². The smallest absolute Gasteiger partial charge is 0.0391 e. The van der Waals surface area contributed by atoms with E-state index < -0.39 is 0 Å². The SMILES string of the molecule is C.C.C.CCCCCC(CC)C(C)CC. The second kappa shape index (κ2) is 16.4. The van der Waals surface area contributed by atoms with Crippen LogP contribution in [0.25, 0.3) is 0 Å². The van der Waals surface area contributed by atoms with Gasteiger partial charge in [0.25, 0.3) is 0 Å². The van der Waals surface area contributed by atoms with Crippen molar-refractivity contribution in [1.82, 2.24) is 0 Å². The van der Waals surface area contributed by atoms with Crippen LogP contribution in [0.15, 0.2) is 0 Å². The van der Waals surface area contributed by atoms with Gasteiger partial charge in [-0.15, -0.1) is 0 Å². The van der Waals surface area contributed by atoms with Gasteiger partial charge in [-0.25, -0.2) is 0 Å². The van der Waals surface area contributed by atoms with Crippen LogP contribution in [-0.4, -0.2) is 0 Å². The molecule has 0 nitrogen and oxygen atoms in total. The van der Waals surface area contributed by atoms with E-state index in [0.717, 1.165) is 11.8 Å². The lowest BCUT2D eigenvalue weighted by atomic mass is 9.85. The van der Waals surface area contributed by atoms with Gasteiger partial charge in [-0.05, 0) is 11.8 Å². The first-order valence-corrected chi connectivity index (χ1v) is 5.76.